The maximum Gasteiger partial charge on any atom is 0.222 e. The minimum atomic E-state index is 0.0920. The van der Waals surface area contributed by atoms with Crippen LogP contribution < -0.4 is 9.47 Å². The van der Waals surface area contributed by atoms with Gasteiger partial charge in [0, 0.05) is 24.9 Å². The standard InChI is InChI=1S/C20H29NO3/c1-4-8-19(22)21-13-15-11-17(23-2)18(24-3)12-16(15)20(14-21)9-6-5-7-10-20/h11-12H,4-10,13-14H2,1-3H3. The van der Waals surface area contributed by atoms with Gasteiger partial charge in [-0.05, 0) is 42.5 Å². The molecular formula is C20H29NO3. The third-order valence-corrected chi connectivity index (χ3v) is 5.66. The fraction of sp³-hybridized carbons (Fsp3) is 0.650. The molecule has 1 saturated carbocycles. The quantitative estimate of drug-likeness (QED) is 0.835. The predicted molar refractivity (Wildman–Crippen MR) is 94.6 cm³/mol. The van der Waals surface area contributed by atoms with Crippen molar-refractivity contribution in [2.75, 3.05) is 20.8 Å². The van der Waals surface area contributed by atoms with Crippen LogP contribution in [-0.2, 0) is 16.8 Å². The van der Waals surface area contributed by atoms with Crippen LogP contribution in [-0.4, -0.2) is 31.6 Å². The molecule has 1 aromatic rings. The van der Waals surface area contributed by atoms with E-state index in [1.807, 2.05) is 0 Å². The Bertz CT molecular complexity index is 605. The lowest BCUT2D eigenvalue weighted by atomic mass is 9.66. The molecule has 0 atom stereocenters. The van der Waals surface area contributed by atoms with Crippen molar-refractivity contribution in [3.63, 3.8) is 0 Å². The monoisotopic (exact) mass is 331 g/mol. The van der Waals surface area contributed by atoms with Gasteiger partial charge in [-0.2, -0.15) is 0 Å². The predicted octanol–water partition coefficient (Wildman–Crippen LogP) is 4.05. The first-order valence-corrected chi connectivity index (χ1v) is 9.16. The summed E-state index contributed by atoms with van der Waals surface area (Å²) < 4.78 is 11.0. The topological polar surface area (TPSA) is 38.8 Å². The second kappa shape index (κ2) is 7.04. The summed E-state index contributed by atoms with van der Waals surface area (Å²) in [4.78, 5) is 14.7. The number of hydrogen-bond donors (Lipinski definition) is 0. The molecule has 3 rings (SSSR count). The summed E-state index contributed by atoms with van der Waals surface area (Å²) in [6.45, 7) is 3.62. The number of hydrogen-bond acceptors (Lipinski definition) is 3. The van der Waals surface area contributed by atoms with E-state index in [1.54, 1.807) is 14.2 Å². The highest BCUT2D eigenvalue weighted by Gasteiger charge is 2.42. The van der Waals surface area contributed by atoms with E-state index in [4.69, 9.17) is 9.47 Å². The number of methoxy groups -OCH3 is 2. The van der Waals surface area contributed by atoms with Gasteiger partial charge in [0.2, 0.25) is 5.91 Å². The first-order valence-electron chi connectivity index (χ1n) is 9.16. The average Bonchev–Trinajstić information content (AvgIpc) is 2.61. The highest BCUT2D eigenvalue weighted by molar-refractivity contribution is 5.77. The van der Waals surface area contributed by atoms with Crippen molar-refractivity contribution < 1.29 is 14.3 Å². The van der Waals surface area contributed by atoms with Crippen molar-refractivity contribution in [2.45, 2.75) is 63.8 Å². The summed E-state index contributed by atoms with van der Waals surface area (Å²) in [5.74, 6) is 1.84. The minimum absolute atomic E-state index is 0.0920. The van der Waals surface area contributed by atoms with Crippen molar-refractivity contribution in [2.24, 2.45) is 0 Å². The Labute approximate surface area is 145 Å². The first-order chi connectivity index (χ1) is 11.6. The summed E-state index contributed by atoms with van der Waals surface area (Å²) in [6, 6.07) is 4.25. The number of amides is 1. The summed E-state index contributed by atoms with van der Waals surface area (Å²) in [5, 5.41) is 0. The van der Waals surface area contributed by atoms with Crippen LogP contribution in [0.3, 0.4) is 0 Å². The molecule has 1 amide bonds. The van der Waals surface area contributed by atoms with Gasteiger partial charge >= 0.3 is 0 Å². The Balaban J connectivity index is 2.05. The van der Waals surface area contributed by atoms with Gasteiger partial charge in [-0.25, -0.2) is 0 Å². The van der Waals surface area contributed by atoms with Crippen LogP contribution in [0.4, 0.5) is 0 Å². The van der Waals surface area contributed by atoms with E-state index in [2.05, 4.69) is 24.0 Å². The van der Waals surface area contributed by atoms with E-state index < -0.39 is 0 Å². The van der Waals surface area contributed by atoms with Gasteiger partial charge in [0.15, 0.2) is 11.5 Å². The zero-order chi connectivity index (χ0) is 17.2. The molecule has 24 heavy (non-hydrogen) atoms. The first kappa shape index (κ1) is 17.1. The summed E-state index contributed by atoms with van der Waals surface area (Å²) >= 11 is 0. The van der Waals surface area contributed by atoms with Crippen molar-refractivity contribution in [1.82, 2.24) is 4.90 Å². The highest BCUT2D eigenvalue weighted by atomic mass is 16.5. The van der Waals surface area contributed by atoms with Gasteiger partial charge in [-0.15, -0.1) is 0 Å². The molecule has 1 spiro atoms. The van der Waals surface area contributed by atoms with Crippen LogP contribution >= 0.6 is 0 Å². The molecule has 0 radical (unpaired) electrons. The molecule has 0 unspecified atom stereocenters. The van der Waals surface area contributed by atoms with E-state index in [9.17, 15) is 4.79 Å². The SMILES string of the molecule is CCCC(=O)N1Cc2cc(OC)c(OC)cc2C2(CCCCC2)C1. The zero-order valence-electron chi connectivity index (χ0n) is 15.2. The molecule has 1 fully saturated rings. The Morgan fingerprint density at radius 3 is 2.42 bits per heavy atom. The van der Waals surface area contributed by atoms with Crippen LogP contribution in [0.5, 0.6) is 11.5 Å². The Hall–Kier alpha value is -1.71. The number of benzene rings is 1. The molecule has 132 valence electrons. The van der Waals surface area contributed by atoms with Crippen LogP contribution in [0, 0.1) is 0 Å². The lowest BCUT2D eigenvalue weighted by Crippen LogP contribution is -2.49. The second-order valence-electron chi connectivity index (χ2n) is 7.21. The van der Waals surface area contributed by atoms with E-state index in [0.717, 1.165) is 37.3 Å². The average molecular weight is 331 g/mol. The fourth-order valence-corrected chi connectivity index (χ4v) is 4.46. The van der Waals surface area contributed by atoms with E-state index in [0.29, 0.717) is 13.0 Å². The molecule has 2 aliphatic rings. The summed E-state index contributed by atoms with van der Waals surface area (Å²) in [5.41, 5.74) is 2.69. The smallest absolute Gasteiger partial charge is 0.222 e. The van der Waals surface area contributed by atoms with Gasteiger partial charge in [-0.1, -0.05) is 26.2 Å². The lowest BCUT2D eigenvalue weighted by Gasteiger charge is -2.47. The largest absolute Gasteiger partial charge is 0.493 e. The van der Waals surface area contributed by atoms with Gasteiger partial charge in [0.25, 0.3) is 0 Å². The van der Waals surface area contributed by atoms with Gasteiger partial charge in [0.05, 0.1) is 14.2 Å². The zero-order valence-corrected chi connectivity index (χ0v) is 15.2. The Morgan fingerprint density at radius 1 is 1.12 bits per heavy atom. The molecule has 1 aromatic carbocycles. The number of carbonyl (C=O) groups is 1. The Morgan fingerprint density at radius 2 is 1.79 bits per heavy atom. The van der Waals surface area contributed by atoms with Crippen LogP contribution in [0.2, 0.25) is 0 Å². The van der Waals surface area contributed by atoms with Crippen molar-refractivity contribution >= 4 is 5.91 Å². The van der Waals surface area contributed by atoms with Crippen molar-refractivity contribution in [1.29, 1.82) is 0 Å². The molecule has 0 saturated heterocycles. The molecule has 0 bridgehead atoms. The molecule has 1 aliphatic carbocycles. The van der Waals surface area contributed by atoms with E-state index in [-0.39, 0.29) is 11.3 Å². The Kier molecular flexibility index (Phi) is 5.02. The molecular weight excluding hydrogens is 302 g/mol. The van der Waals surface area contributed by atoms with E-state index in [1.165, 1.54) is 30.4 Å². The van der Waals surface area contributed by atoms with E-state index >= 15 is 0 Å². The number of ether oxygens (including phenoxy) is 2. The molecule has 4 heteroatoms. The third-order valence-electron chi connectivity index (χ3n) is 5.66. The van der Waals surface area contributed by atoms with Gasteiger partial charge in [-0.3, -0.25) is 4.79 Å². The normalized spacial score (nSPS) is 19.0. The lowest BCUT2D eigenvalue weighted by molar-refractivity contribution is -0.133. The number of nitrogens with zero attached hydrogens (tertiary/aromatic N) is 1. The number of fused-ring (bicyclic) bond motifs is 2. The summed E-state index contributed by atoms with van der Waals surface area (Å²) in [6.07, 6.45) is 7.64. The van der Waals surface area contributed by atoms with Crippen LogP contribution in [0.25, 0.3) is 0 Å². The van der Waals surface area contributed by atoms with Gasteiger partial charge < -0.3 is 14.4 Å². The molecule has 4 nitrogen and oxygen atoms in total. The van der Waals surface area contributed by atoms with Crippen LogP contribution in [0.15, 0.2) is 12.1 Å². The molecule has 1 heterocycles. The summed E-state index contributed by atoms with van der Waals surface area (Å²) in [7, 11) is 3.36. The maximum atomic E-state index is 12.6. The van der Waals surface area contributed by atoms with Crippen LogP contribution in [0.1, 0.15) is 63.0 Å². The molecule has 0 N–H and O–H groups in total. The second-order valence-corrected chi connectivity index (χ2v) is 7.21. The third kappa shape index (κ3) is 2.99. The molecule has 1 aliphatic heterocycles. The number of carbonyl (C=O) groups excluding carboxylic acids is 1. The number of rotatable bonds is 4. The fourth-order valence-electron chi connectivity index (χ4n) is 4.46. The van der Waals surface area contributed by atoms with Crippen molar-refractivity contribution in [3.05, 3.63) is 23.3 Å². The molecule has 0 aromatic heterocycles. The van der Waals surface area contributed by atoms with Gasteiger partial charge in [0.1, 0.15) is 0 Å². The highest BCUT2D eigenvalue weighted by Crippen LogP contribution is 2.47. The van der Waals surface area contributed by atoms with Crippen molar-refractivity contribution in [3.8, 4) is 11.5 Å². The maximum absolute atomic E-state index is 12.6. The minimum Gasteiger partial charge on any atom is -0.493 e.